The second kappa shape index (κ2) is 13.4. The number of hydrogen-bond donors (Lipinski definition) is 1. The Morgan fingerprint density at radius 1 is 1.44 bits per heavy atom. The van der Waals surface area contributed by atoms with Gasteiger partial charge in [-0.05, 0) is 18.6 Å². The minimum atomic E-state index is -0.193. The van der Waals surface area contributed by atoms with E-state index in [0.717, 1.165) is 6.42 Å². The maximum Gasteiger partial charge on any atom is 0.302 e. The summed E-state index contributed by atoms with van der Waals surface area (Å²) in [5, 5.41) is 0. The molecule has 1 rings (SSSR count). The number of pyridine rings is 1. The number of nitrogen functional groups attached to an aromatic ring is 1. The van der Waals surface area contributed by atoms with Crippen molar-refractivity contribution in [3.05, 3.63) is 24.4 Å². The standard InChI is InChI=1S/C5H6N2.C5H10O2.C2H6/c6-5-3-1-2-4-7-5;1-3-4-7-5(2)6;1-2/h1-4H,(H2,6,7);3-4H2,1-2H3;1-2H3. The Morgan fingerprint density at radius 2 is 2.06 bits per heavy atom. The van der Waals surface area contributed by atoms with Crippen molar-refractivity contribution in [2.24, 2.45) is 0 Å². The van der Waals surface area contributed by atoms with Crippen molar-refractivity contribution in [2.45, 2.75) is 34.1 Å². The van der Waals surface area contributed by atoms with E-state index in [2.05, 4.69) is 9.72 Å². The third-order valence-electron chi connectivity index (χ3n) is 1.20. The Hall–Kier alpha value is -1.58. The Bertz CT molecular complexity index is 250. The van der Waals surface area contributed by atoms with Crippen LogP contribution in [0.2, 0.25) is 0 Å². The lowest BCUT2D eigenvalue weighted by Crippen LogP contribution is -1.98. The molecule has 0 saturated carbocycles. The number of carbonyl (C=O) groups excluding carboxylic acids is 1. The molecule has 2 N–H and O–H groups in total. The number of rotatable bonds is 2. The number of hydrogen-bond acceptors (Lipinski definition) is 4. The van der Waals surface area contributed by atoms with Gasteiger partial charge < -0.3 is 10.5 Å². The van der Waals surface area contributed by atoms with E-state index in [0.29, 0.717) is 12.4 Å². The summed E-state index contributed by atoms with van der Waals surface area (Å²) in [5.41, 5.74) is 5.25. The van der Waals surface area contributed by atoms with Gasteiger partial charge in [0.15, 0.2) is 0 Å². The molecule has 0 amide bonds. The van der Waals surface area contributed by atoms with E-state index in [1.165, 1.54) is 6.92 Å². The lowest BCUT2D eigenvalue weighted by Gasteiger charge is -1.93. The third kappa shape index (κ3) is 14.9. The number of ether oxygens (including phenoxy) is 1. The molecule has 0 bridgehead atoms. The molecule has 0 aliphatic rings. The van der Waals surface area contributed by atoms with Crippen LogP contribution in [0.3, 0.4) is 0 Å². The summed E-state index contributed by atoms with van der Waals surface area (Å²) in [6.45, 7) is 7.92. The maximum atomic E-state index is 9.98. The zero-order valence-electron chi connectivity index (χ0n) is 10.6. The summed E-state index contributed by atoms with van der Waals surface area (Å²) in [6.07, 6.45) is 2.56. The van der Waals surface area contributed by atoms with Gasteiger partial charge in [-0.15, -0.1) is 0 Å². The molecule has 0 unspecified atom stereocenters. The maximum absolute atomic E-state index is 9.98. The highest BCUT2D eigenvalue weighted by Crippen LogP contribution is 1.89. The first-order valence-electron chi connectivity index (χ1n) is 5.46. The van der Waals surface area contributed by atoms with Crippen LogP contribution in [0.1, 0.15) is 34.1 Å². The molecule has 16 heavy (non-hydrogen) atoms. The molecule has 1 heterocycles. The Kier molecular flexibility index (Phi) is 14.1. The molecule has 0 radical (unpaired) electrons. The first kappa shape index (κ1) is 16.8. The molecule has 1 aromatic rings. The third-order valence-corrected chi connectivity index (χ3v) is 1.20. The Morgan fingerprint density at radius 3 is 2.25 bits per heavy atom. The first-order valence-corrected chi connectivity index (χ1v) is 5.46. The summed E-state index contributed by atoms with van der Waals surface area (Å²) in [5.74, 6) is 0.379. The number of nitrogens with two attached hydrogens (primary N) is 1. The number of anilines is 1. The number of esters is 1. The summed E-state index contributed by atoms with van der Waals surface area (Å²) in [6, 6.07) is 5.43. The fourth-order valence-electron chi connectivity index (χ4n) is 0.622. The van der Waals surface area contributed by atoms with Gasteiger partial charge in [-0.2, -0.15) is 0 Å². The van der Waals surface area contributed by atoms with Gasteiger partial charge in [0.1, 0.15) is 5.82 Å². The molecule has 0 atom stereocenters. The minimum Gasteiger partial charge on any atom is -0.466 e. The van der Waals surface area contributed by atoms with Crippen LogP contribution in [-0.4, -0.2) is 17.6 Å². The molecule has 0 aromatic carbocycles. The average molecular weight is 226 g/mol. The second-order valence-corrected chi connectivity index (χ2v) is 2.59. The topological polar surface area (TPSA) is 65.2 Å². The fraction of sp³-hybridized carbons (Fsp3) is 0.500. The van der Waals surface area contributed by atoms with E-state index in [9.17, 15) is 4.79 Å². The van der Waals surface area contributed by atoms with E-state index in [4.69, 9.17) is 5.73 Å². The highest BCUT2D eigenvalue weighted by molar-refractivity contribution is 5.65. The lowest BCUT2D eigenvalue weighted by atomic mass is 10.5. The van der Waals surface area contributed by atoms with Gasteiger partial charge in [-0.25, -0.2) is 4.98 Å². The van der Waals surface area contributed by atoms with E-state index in [1.807, 2.05) is 32.9 Å². The van der Waals surface area contributed by atoms with Gasteiger partial charge in [-0.3, -0.25) is 4.79 Å². The molecule has 0 fully saturated rings. The van der Waals surface area contributed by atoms with Crippen LogP contribution >= 0.6 is 0 Å². The quantitative estimate of drug-likeness (QED) is 0.787. The van der Waals surface area contributed by atoms with Crippen LogP contribution in [0.5, 0.6) is 0 Å². The van der Waals surface area contributed by atoms with Crippen LogP contribution in [-0.2, 0) is 9.53 Å². The van der Waals surface area contributed by atoms with Crippen molar-refractivity contribution < 1.29 is 9.53 Å². The first-order chi connectivity index (χ1) is 7.66. The highest BCUT2D eigenvalue weighted by atomic mass is 16.5. The number of carbonyl (C=O) groups is 1. The fourth-order valence-corrected chi connectivity index (χ4v) is 0.622. The van der Waals surface area contributed by atoms with Crippen molar-refractivity contribution in [3.8, 4) is 0 Å². The number of nitrogens with zero attached hydrogens (tertiary/aromatic N) is 1. The molecule has 4 nitrogen and oxygen atoms in total. The highest BCUT2D eigenvalue weighted by Gasteiger charge is 1.85. The van der Waals surface area contributed by atoms with Gasteiger partial charge in [0.05, 0.1) is 6.61 Å². The van der Waals surface area contributed by atoms with Gasteiger partial charge in [0.2, 0.25) is 0 Å². The Labute approximate surface area is 97.8 Å². The smallest absolute Gasteiger partial charge is 0.302 e. The summed E-state index contributed by atoms with van der Waals surface area (Å²) in [4.78, 5) is 13.7. The average Bonchev–Trinajstić information content (AvgIpc) is 2.31. The largest absolute Gasteiger partial charge is 0.466 e. The predicted molar refractivity (Wildman–Crippen MR) is 66.9 cm³/mol. The molecule has 0 spiro atoms. The second-order valence-electron chi connectivity index (χ2n) is 2.59. The van der Waals surface area contributed by atoms with Crippen LogP contribution < -0.4 is 5.73 Å². The molecule has 1 aromatic heterocycles. The zero-order valence-corrected chi connectivity index (χ0v) is 10.6. The minimum absolute atomic E-state index is 0.193. The van der Waals surface area contributed by atoms with Crippen molar-refractivity contribution in [1.29, 1.82) is 0 Å². The molecular formula is C12H22N2O2. The monoisotopic (exact) mass is 226 g/mol. The van der Waals surface area contributed by atoms with Gasteiger partial charge >= 0.3 is 5.97 Å². The molecule has 0 aliphatic heterocycles. The van der Waals surface area contributed by atoms with E-state index < -0.39 is 0 Å². The van der Waals surface area contributed by atoms with Crippen molar-refractivity contribution in [3.63, 3.8) is 0 Å². The van der Waals surface area contributed by atoms with Crippen LogP contribution in [0.4, 0.5) is 5.82 Å². The lowest BCUT2D eigenvalue weighted by molar-refractivity contribution is -0.140. The molecule has 4 heteroatoms. The van der Waals surface area contributed by atoms with E-state index >= 15 is 0 Å². The summed E-state index contributed by atoms with van der Waals surface area (Å²) in [7, 11) is 0. The van der Waals surface area contributed by atoms with Crippen molar-refractivity contribution in [2.75, 3.05) is 12.3 Å². The van der Waals surface area contributed by atoms with Gasteiger partial charge in [-0.1, -0.05) is 26.8 Å². The van der Waals surface area contributed by atoms with Crippen LogP contribution in [0, 0.1) is 0 Å². The van der Waals surface area contributed by atoms with Gasteiger partial charge in [0, 0.05) is 13.1 Å². The summed E-state index contributed by atoms with van der Waals surface area (Å²) >= 11 is 0. The summed E-state index contributed by atoms with van der Waals surface area (Å²) < 4.78 is 4.55. The van der Waals surface area contributed by atoms with Crippen molar-refractivity contribution in [1.82, 2.24) is 4.98 Å². The molecule has 0 saturated heterocycles. The molecular weight excluding hydrogens is 204 g/mol. The van der Waals surface area contributed by atoms with E-state index in [-0.39, 0.29) is 5.97 Å². The van der Waals surface area contributed by atoms with Crippen molar-refractivity contribution >= 4 is 11.8 Å². The molecule has 92 valence electrons. The zero-order chi connectivity index (χ0) is 12.8. The van der Waals surface area contributed by atoms with Gasteiger partial charge in [0.25, 0.3) is 0 Å². The SMILES string of the molecule is CC.CCCOC(C)=O.Nc1ccccn1. The van der Waals surface area contributed by atoms with Crippen LogP contribution in [0.25, 0.3) is 0 Å². The molecule has 0 aliphatic carbocycles. The predicted octanol–water partition coefficient (Wildman–Crippen LogP) is 2.65. The van der Waals surface area contributed by atoms with Crippen LogP contribution in [0.15, 0.2) is 24.4 Å². The number of aromatic nitrogens is 1. The normalized spacial score (nSPS) is 7.75. The Balaban J connectivity index is 0. The van der Waals surface area contributed by atoms with E-state index in [1.54, 1.807) is 12.3 Å².